The number of aromatic nitrogens is 4. The largest absolute Gasteiger partial charge is 0.361 e. The molecular formula is C24H25N5O. The summed E-state index contributed by atoms with van der Waals surface area (Å²) in [5.41, 5.74) is 5.91. The second-order valence-electron chi connectivity index (χ2n) is 8.07. The second-order valence-corrected chi connectivity index (χ2v) is 8.07. The first kappa shape index (κ1) is 18.9. The molecule has 1 aliphatic rings. The molecular weight excluding hydrogens is 374 g/mol. The fourth-order valence-corrected chi connectivity index (χ4v) is 4.34. The number of benzene rings is 1. The van der Waals surface area contributed by atoms with Crippen LogP contribution in [0.25, 0.3) is 22.2 Å². The van der Waals surface area contributed by atoms with Gasteiger partial charge in [0.25, 0.3) is 0 Å². The second kappa shape index (κ2) is 7.95. The molecule has 6 nitrogen and oxygen atoms in total. The van der Waals surface area contributed by atoms with Gasteiger partial charge in [-0.25, -0.2) is 0 Å². The van der Waals surface area contributed by atoms with Gasteiger partial charge in [0, 0.05) is 24.0 Å². The molecule has 0 amide bonds. The molecule has 0 N–H and O–H groups in total. The van der Waals surface area contributed by atoms with Crippen LogP contribution in [0.2, 0.25) is 0 Å². The average Bonchev–Trinajstić information content (AvgIpc) is 3.12. The first-order chi connectivity index (χ1) is 14.7. The lowest BCUT2D eigenvalue weighted by atomic mass is 9.93. The van der Waals surface area contributed by atoms with Crippen LogP contribution in [0.4, 0.5) is 0 Å². The van der Waals surface area contributed by atoms with Gasteiger partial charge < -0.3 is 4.52 Å². The van der Waals surface area contributed by atoms with Crippen LogP contribution in [0.5, 0.6) is 0 Å². The highest BCUT2D eigenvalue weighted by atomic mass is 16.5. The van der Waals surface area contributed by atoms with Crippen molar-refractivity contribution in [3.05, 3.63) is 71.6 Å². The fourth-order valence-electron chi connectivity index (χ4n) is 4.34. The number of pyridine rings is 1. The van der Waals surface area contributed by atoms with Crippen molar-refractivity contribution in [2.24, 2.45) is 0 Å². The highest BCUT2D eigenvalue weighted by molar-refractivity contribution is 5.78. The molecule has 0 saturated carbocycles. The zero-order chi connectivity index (χ0) is 20.5. The van der Waals surface area contributed by atoms with Gasteiger partial charge in [-0.05, 0) is 51.9 Å². The van der Waals surface area contributed by atoms with E-state index in [0.717, 1.165) is 72.1 Å². The summed E-state index contributed by atoms with van der Waals surface area (Å²) in [5, 5.41) is 5.20. The number of nitrogens with zero attached hydrogens (tertiary/aromatic N) is 5. The highest BCUT2D eigenvalue weighted by Crippen LogP contribution is 2.29. The van der Waals surface area contributed by atoms with E-state index >= 15 is 0 Å². The van der Waals surface area contributed by atoms with E-state index in [1.165, 1.54) is 5.39 Å². The van der Waals surface area contributed by atoms with Crippen LogP contribution in [0.3, 0.4) is 0 Å². The van der Waals surface area contributed by atoms with Crippen LogP contribution >= 0.6 is 0 Å². The summed E-state index contributed by atoms with van der Waals surface area (Å²) in [5.74, 6) is 1.24. The number of hydrogen-bond donors (Lipinski definition) is 0. The summed E-state index contributed by atoms with van der Waals surface area (Å²) in [6.45, 7) is 6.83. The van der Waals surface area contributed by atoms with Crippen molar-refractivity contribution >= 4 is 10.9 Å². The third-order valence-corrected chi connectivity index (χ3v) is 6.01. The molecule has 4 aromatic rings. The van der Waals surface area contributed by atoms with E-state index in [-0.39, 0.29) is 0 Å². The summed E-state index contributed by atoms with van der Waals surface area (Å²) in [4.78, 5) is 16.7. The number of fused-ring (bicyclic) bond motifs is 1. The van der Waals surface area contributed by atoms with Crippen molar-refractivity contribution in [3.63, 3.8) is 0 Å². The van der Waals surface area contributed by atoms with Crippen LogP contribution in [0, 0.1) is 13.8 Å². The van der Waals surface area contributed by atoms with Crippen molar-refractivity contribution in [1.82, 2.24) is 25.0 Å². The topological polar surface area (TPSA) is 67.9 Å². The molecule has 1 aliphatic heterocycles. The van der Waals surface area contributed by atoms with Gasteiger partial charge in [0.05, 0.1) is 40.1 Å². The molecule has 152 valence electrons. The van der Waals surface area contributed by atoms with Gasteiger partial charge in [-0.2, -0.15) is 0 Å². The Hall–Kier alpha value is -3.12. The molecule has 0 bridgehead atoms. The van der Waals surface area contributed by atoms with E-state index in [4.69, 9.17) is 14.5 Å². The summed E-state index contributed by atoms with van der Waals surface area (Å²) in [6, 6.07) is 12.6. The Kier molecular flexibility index (Phi) is 5.01. The minimum Gasteiger partial charge on any atom is -0.361 e. The molecule has 30 heavy (non-hydrogen) atoms. The minimum absolute atomic E-state index is 0.456. The van der Waals surface area contributed by atoms with Gasteiger partial charge in [-0.1, -0.05) is 29.4 Å². The van der Waals surface area contributed by atoms with E-state index < -0.39 is 0 Å². The number of likely N-dealkylation sites (tertiary alicyclic amines) is 1. The predicted octanol–water partition coefficient (Wildman–Crippen LogP) is 4.68. The highest BCUT2D eigenvalue weighted by Gasteiger charge is 2.23. The van der Waals surface area contributed by atoms with Crippen LogP contribution in [-0.4, -0.2) is 38.1 Å². The van der Waals surface area contributed by atoms with Crippen molar-refractivity contribution in [3.8, 4) is 11.3 Å². The predicted molar refractivity (Wildman–Crippen MR) is 116 cm³/mol. The van der Waals surface area contributed by atoms with Crippen LogP contribution in [0.15, 0.2) is 53.3 Å². The smallest absolute Gasteiger partial charge is 0.143 e. The molecule has 0 unspecified atom stereocenters. The number of hydrogen-bond acceptors (Lipinski definition) is 6. The monoisotopic (exact) mass is 399 g/mol. The Labute approximate surface area is 176 Å². The third kappa shape index (κ3) is 3.71. The molecule has 0 radical (unpaired) electrons. The Bertz CT molecular complexity index is 1140. The third-order valence-electron chi connectivity index (χ3n) is 6.01. The summed E-state index contributed by atoms with van der Waals surface area (Å²) < 4.78 is 5.25. The maximum Gasteiger partial charge on any atom is 0.143 e. The number of aryl methyl sites for hydroxylation is 2. The standard InChI is InChI=1S/C24H25N5O/c1-16-24(17(2)30-28-16)23-14-25-22(13-26-23)19-9-11-29(12-10-19)15-20-8-7-18-5-3-4-6-21(18)27-20/h3-8,13-14,19H,9-12,15H2,1-2H3. The molecule has 1 fully saturated rings. The Balaban J connectivity index is 1.22. The van der Waals surface area contributed by atoms with Gasteiger partial charge in [0.15, 0.2) is 0 Å². The van der Waals surface area contributed by atoms with Crippen LogP contribution in [-0.2, 0) is 6.54 Å². The van der Waals surface area contributed by atoms with Crippen molar-refractivity contribution < 1.29 is 4.52 Å². The fraction of sp³-hybridized carbons (Fsp3) is 0.333. The van der Waals surface area contributed by atoms with Crippen molar-refractivity contribution in [2.45, 2.75) is 39.2 Å². The molecule has 1 saturated heterocycles. The van der Waals surface area contributed by atoms with Gasteiger partial charge in [0.2, 0.25) is 0 Å². The first-order valence-electron chi connectivity index (χ1n) is 10.5. The lowest BCUT2D eigenvalue weighted by Crippen LogP contribution is -2.33. The Morgan fingerprint density at radius 2 is 1.83 bits per heavy atom. The van der Waals surface area contributed by atoms with E-state index in [9.17, 15) is 0 Å². The molecule has 0 atom stereocenters. The Morgan fingerprint density at radius 1 is 1.00 bits per heavy atom. The minimum atomic E-state index is 0.456. The lowest BCUT2D eigenvalue weighted by molar-refractivity contribution is 0.201. The maximum atomic E-state index is 5.25. The molecule has 1 aromatic carbocycles. The van der Waals surface area contributed by atoms with E-state index in [1.807, 2.05) is 32.3 Å². The van der Waals surface area contributed by atoms with E-state index in [1.54, 1.807) is 0 Å². The van der Waals surface area contributed by atoms with Gasteiger partial charge in [0.1, 0.15) is 5.76 Å². The SMILES string of the molecule is Cc1noc(C)c1-c1cnc(C2CCN(Cc3ccc4ccccc4n3)CC2)cn1. The molecule has 5 rings (SSSR count). The average molecular weight is 399 g/mol. The van der Waals surface area contributed by atoms with Gasteiger partial charge in [-0.3, -0.25) is 19.9 Å². The number of para-hydroxylation sites is 1. The van der Waals surface area contributed by atoms with E-state index in [2.05, 4.69) is 45.4 Å². The van der Waals surface area contributed by atoms with Crippen molar-refractivity contribution in [2.75, 3.05) is 13.1 Å². The van der Waals surface area contributed by atoms with Crippen LogP contribution in [0.1, 0.15) is 41.6 Å². The van der Waals surface area contributed by atoms with Gasteiger partial charge in [-0.15, -0.1) is 0 Å². The zero-order valence-corrected chi connectivity index (χ0v) is 17.4. The number of rotatable bonds is 4. The number of piperidine rings is 1. The molecule has 3 aromatic heterocycles. The van der Waals surface area contributed by atoms with Gasteiger partial charge >= 0.3 is 0 Å². The maximum absolute atomic E-state index is 5.25. The molecule has 4 heterocycles. The normalized spacial score (nSPS) is 15.7. The quantitative estimate of drug-likeness (QED) is 0.496. The van der Waals surface area contributed by atoms with E-state index in [0.29, 0.717) is 5.92 Å². The molecule has 6 heteroatoms. The summed E-state index contributed by atoms with van der Waals surface area (Å²) in [6.07, 6.45) is 5.96. The Morgan fingerprint density at radius 3 is 2.57 bits per heavy atom. The molecule has 0 aliphatic carbocycles. The lowest BCUT2D eigenvalue weighted by Gasteiger charge is -2.31. The van der Waals surface area contributed by atoms with Crippen molar-refractivity contribution in [1.29, 1.82) is 0 Å². The summed E-state index contributed by atoms with van der Waals surface area (Å²) >= 11 is 0. The van der Waals surface area contributed by atoms with Crippen LogP contribution < -0.4 is 0 Å². The molecule has 0 spiro atoms. The first-order valence-corrected chi connectivity index (χ1v) is 10.5. The summed E-state index contributed by atoms with van der Waals surface area (Å²) in [7, 11) is 0. The zero-order valence-electron chi connectivity index (χ0n) is 17.4.